The highest BCUT2D eigenvalue weighted by Gasteiger charge is 2.60. The molecular formula is C22H30N2O. The van der Waals surface area contributed by atoms with Crippen LogP contribution in [-0.4, -0.2) is 15.3 Å². The molecule has 0 saturated heterocycles. The van der Waals surface area contributed by atoms with Gasteiger partial charge in [-0.25, -0.2) is 4.98 Å². The number of aromatic nitrogens is 2. The van der Waals surface area contributed by atoms with Gasteiger partial charge in [-0.05, 0) is 55.3 Å². The second-order valence-electron chi connectivity index (χ2n) is 9.60. The fourth-order valence-corrected chi connectivity index (χ4v) is 7.44. The van der Waals surface area contributed by atoms with Crippen molar-refractivity contribution >= 4 is 11.5 Å². The highest BCUT2D eigenvalue weighted by Crippen LogP contribution is 2.66. The summed E-state index contributed by atoms with van der Waals surface area (Å²) < 4.78 is 2.22. The SMILES string of the molecule is CC12CCC3C(CC(=O)C4CCCCC43C)C1CC=C2n1ccnc1. The minimum Gasteiger partial charge on any atom is -0.310 e. The first-order valence-electron chi connectivity index (χ1n) is 10.3. The molecule has 0 bridgehead atoms. The van der Waals surface area contributed by atoms with Gasteiger partial charge >= 0.3 is 0 Å². The molecule has 4 aliphatic rings. The molecule has 1 heterocycles. The molecule has 6 atom stereocenters. The standard InChI is InChI=1S/C22H30N2O/c1-21-9-4-3-5-18(21)19(25)13-15-16-6-7-20(24-12-11-23-14-24)22(16,2)10-8-17(15)21/h7,11-12,14-18H,3-6,8-10,13H2,1-2H3. The fraction of sp³-hybridized carbons (Fsp3) is 0.727. The van der Waals surface area contributed by atoms with Crippen LogP contribution in [0.2, 0.25) is 0 Å². The van der Waals surface area contributed by atoms with Gasteiger partial charge in [-0.1, -0.05) is 32.8 Å². The predicted octanol–water partition coefficient (Wildman–Crippen LogP) is 4.95. The first-order valence-corrected chi connectivity index (χ1v) is 10.3. The number of carbonyl (C=O) groups excluding carboxylic acids is 1. The number of fused-ring (bicyclic) bond motifs is 5. The van der Waals surface area contributed by atoms with E-state index in [0.717, 1.165) is 25.2 Å². The molecule has 0 radical (unpaired) electrons. The van der Waals surface area contributed by atoms with E-state index in [-0.39, 0.29) is 10.8 Å². The summed E-state index contributed by atoms with van der Waals surface area (Å²) in [7, 11) is 0. The molecule has 3 saturated carbocycles. The van der Waals surface area contributed by atoms with E-state index < -0.39 is 0 Å². The molecule has 25 heavy (non-hydrogen) atoms. The van der Waals surface area contributed by atoms with Crippen molar-refractivity contribution in [1.29, 1.82) is 0 Å². The minimum absolute atomic E-state index is 0.208. The van der Waals surface area contributed by atoms with Crippen LogP contribution >= 0.6 is 0 Å². The van der Waals surface area contributed by atoms with E-state index in [9.17, 15) is 4.79 Å². The number of ketones is 1. The maximum absolute atomic E-state index is 13.1. The molecule has 0 aromatic carbocycles. The topological polar surface area (TPSA) is 34.9 Å². The van der Waals surface area contributed by atoms with Gasteiger partial charge in [0, 0.05) is 35.8 Å². The first-order chi connectivity index (χ1) is 12.0. The van der Waals surface area contributed by atoms with Crippen molar-refractivity contribution in [3.05, 3.63) is 24.8 Å². The second-order valence-corrected chi connectivity index (χ2v) is 9.60. The quantitative estimate of drug-likeness (QED) is 0.726. The molecule has 1 aromatic heterocycles. The summed E-state index contributed by atoms with van der Waals surface area (Å²) >= 11 is 0. The number of hydrogen-bond donors (Lipinski definition) is 0. The number of nitrogens with zero attached hydrogens (tertiary/aromatic N) is 2. The van der Waals surface area contributed by atoms with Gasteiger partial charge in [-0.15, -0.1) is 0 Å². The number of Topliss-reactive ketones (excluding diaryl/α,β-unsaturated/α-hetero) is 1. The van der Waals surface area contributed by atoms with Gasteiger partial charge in [0.25, 0.3) is 0 Å². The minimum atomic E-state index is 0.208. The lowest BCUT2D eigenvalue weighted by Gasteiger charge is -2.59. The van der Waals surface area contributed by atoms with Crippen LogP contribution in [0.25, 0.3) is 5.70 Å². The number of imidazole rings is 1. The summed E-state index contributed by atoms with van der Waals surface area (Å²) in [6.07, 6.45) is 17.9. The van der Waals surface area contributed by atoms with E-state index in [1.807, 2.05) is 12.5 Å². The van der Waals surface area contributed by atoms with E-state index in [4.69, 9.17) is 0 Å². The summed E-state index contributed by atoms with van der Waals surface area (Å²) in [5.74, 6) is 2.91. The van der Waals surface area contributed by atoms with Gasteiger partial charge in [-0.3, -0.25) is 4.79 Å². The Bertz CT molecular complexity index is 720. The van der Waals surface area contributed by atoms with E-state index in [2.05, 4.69) is 35.7 Å². The molecule has 1 aromatic rings. The predicted molar refractivity (Wildman–Crippen MR) is 98.6 cm³/mol. The Morgan fingerprint density at radius 2 is 2.04 bits per heavy atom. The van der Waals surface area contributed by atoms with Gasteiger partial charge in [0.05, 0.1) is 6.33 Å². The average Bonchev–Trinajstić information content (AvgIpc) is 3.21. The van der Waals surface area contributed by atoms with Crippen LogP contribution in [0.5, 0.6) is 0 Å². The summed E-state index contributed by atoms with van der Waals surface area (Å²) in [5, 5.41) is 0. The van der Waals surface area contributed by atoms with Gasteiger partial charge in [-0.2, -0.15) is 0 Å². The lowest BCUT2D eigenvalue weighted by Crippen LogP contribution is -2.55. The molecular weight excluding hydrogens is 308 g/mol. The third-order valence-corrected chi connectivity index (χ3v) is 8.69. The van der Waals surface area contributed by atoms with Crippen molar-refractivity contribution in [3.8, 4) is 0 Å². The van der Waals surface area contributed by atoms with Crippen molar-refractivity contribution in [2.45, 2.75) is 65.2 Å². The molecule has 0 aliphatic heterocycles. The molecule has 0 spiro atoms. The molecule has 0 amide bonds. The van der Waals surface area contributed by atoms with Crippen molar-refractivity contribution < 1.29 is 4.79 Å². The third kappa shape index (κ3) is 2.04. The van der Waals surface area contributed by atoms with Crippen LogP contribution in [0, 0.1) is 34.5 Å². The number of carbonyl (C=O) groups is 1. The Morgan fingerprint density at radius 1 is 1.16 bits per heavy atom. The van der Waals surface area contributed by atoms with Crippen LogP contribution in [0.4, 0.5) is 0 Å². The van der Waals surface area contributed by atoms with E-state index in [1.54, 1.807) is 0 Å². The van der Waals surface area contributed by atoms with E-state index in [1.165, 1.54) is 37.8 Å². The van der Waals surface area contributed by atoms with Gasteiger partial charge in [0.2, 0.25) is 0 Å². The summed E-state index contributed by atoms with van der Waals surface area (Å²) in [6, 6.07) is 0. The van der Waals surface area contributed by atoms with E-state index in [0.29, 0.717) is 23.5 Å². The van der Waals surface area contributed by atoms with Crippen LogP contribution in [0.15, 0.2) is 24.8 Å². The van der Waals surface area contributed by atoms with Crippen molar-refractivity contribution in [2.75, 3.05) is 0 Å². The maximum Gasteiger partial charge on any atom is 0.136 e. The number of hydrogen-bond acceptors (Lipinski definition) is 2. The summed E-state index contributed by atoms with van der Waals surface area (Å²) in [4.78, 5) is 17.3. The zero-order valence-electron chi connectivity index (χ0n) is 15.6. The Kier molecular flexibility index (Phi) is 3.37. The van der Waals surface area contributed by atoms with Gasteiger partial charge in [0.15, 0.2) is 0 Å². The number of rotatable bonds is 1. The summed E-state index contributed by atoms with van der Waals surface area (Å²) in [5.41, 5.74) is 1.91. The first kappa shape index (κ1) is 15.8. The molecule has 3 fully saturated rings. The molecule has 5 rings (SSSR count). The van der Waals surface area contributed by atoms with Crippen LogP contribution in [0.1, 0.15) is 65.2 Å². The van der Waals surface area contributed by atoms with E-state index >= 15 is 0 Å². The Morgan fingerprint density at radius 3 is 2.84 bits per heavy atom. The fourth-order valence-electron chi connectivity index (χ4n) is 7.44. The Labute approximate surface area is 150 Å². The second kappa shape index (κ2) is 5.31. The lowest BCUT2D eigenvalue weighted by atomic mass is 9.45. The van der Waals surface area contributed by atoms with Crippen molar-refractivity contribution in [3.63, 3.8) is 0 Å². The van der Waals surface area contributed by atoms with Gasteiger partial charge in [0.1, 0.15) is 5.78 Å². The molecule has 0 N–H and O–H groups in total. The largest absolute Gasteiger partial charge is 0.310 e. The normalized spacial score (nSPS) is 46.2. The third-order valence-electron chi connectivity index (χ3n) is 8.69. The van der Waals surface area contributed by atoms with Gasteiger partial charge < -0.3 is 4.57 Å². The molecule has 3 heteroatoms. The molecule has 3 nitrogen and oxygen atoms in total. The van der Waals surface area contributed by atoms with Crippen LogP contribution < -0.4 is 0 Å². The molecule has 6 unspecified atom stereocenters. The average molecular weight is 338 g/mol. The molecule has 134 valence electrons. The zero-order chi connectivity index (χ0) is 17.2. The monoisotopic (exact) mass is 338 g/mol. The van der Waals surface area contributed by atoms with Crippen molar-refractivity contribution in [1.82, 2.24) is 9.55 Å². The Hall–Kier alpha value is -1.38. The van der Waals surface area contributed by atoms with Crippen LogP contribution in [-0.2, 0) is 4.79 Å². The van der Waals surface area contributed by atoms with Crippen molar-refractivity contribution in [2.24, 2.45) is 34.5 Å². The zero-order valence-corrected chi connectivity index (χ0v) is 15.6. The highest BCUT2D eigenvalue weighted by atomic mass is 16.1. The smallest absolute Gasteiger partial charge is 0.136 e. The Balaban J connectivity index is 1.50. The summed E-state index contributed by atoms with van der Waals surface area (Å²) in [6.45, 7) is 4.92. The highest BCUT2D eigenvalue weighted by molar-refractivity contribution is 5.83. The lowest BCUT2D eigenvalue weighted by molar-refractivity contribution is -0.150. The molecule has 4 aliphatic carbocycles. The number of allylic oxidation sites excluding steroid dienone is 2. The maximum atomic E-state index is 13.1. The van der Waals surface area contributed by atoms with Crippen LogP contribution in [0.3, 0.4) is 0 Å².